The van der Waals surface area contributed by atoms with Gasteiger partial charge in [0.25, 0.3) is 0 Å². The summed E-state index contributed by atoms with van der Waals surface area (Å²) in [6.45, 7) is 10.3. The molecule has 0 spiro atoms. The summed E-state index contributed by atoms with van der Waals surface area (Å²) < 4.78 is 0. The summed E-state index contributed by atoms with van der Waals surface area (Å²) >= 11 is 0. The smallest absolute Gasteiger partial charge is 0.246 e. The van der Waals surface area contributed by atoms with Crippen LogP contribution in [-0.2, 0) is 19.8 Å². The lowest BCUT2D eigenvalue weighted by Crippen LogP contribution is -2.48. The molecule has 0 saturated carbocycles. The lowest BCUT2D eigenvalue weighted by atomic mass is 9.67. The quantitative estimate of drug-likeness (QED) is 0.334. The topological polar surface area (TPSA) is 60.9 Å². The molecule has 0 aromatic heterocycles. The van der Waals surface area contributed by atoms with Crippen LogP contribution in [0.4, 0.5) is 0 Å². The van der Waals surface area contributed by atoms with Gasteiger partial charge in [0.05, 0.1) is 5.41 Å². The predicted molar refractivity (Wildman–Crippen MR) is 162 cm³/mol. The highest BCUT2D eigenvalue weighted by Gasteiger charge is 2.41. The van der Waals surface area contributed by atoms with E-state index in [1.54, 1.807) is 32.0 Å². The summed E-state index contributed by atoms with van der Waals surface area (Å²) in [4.78, 5) is 42.1. The van der Waals surface area contributed by atoms with Gasteiger partial charge in [-0.05, 0) is 64.9 Å². The van der Waals surface area contributed by atoms with Crippen molar-refractivity contribution in [2.75, 3.05) is 34.7 Å². The molecule has 0 heterocycles. The number of hydrogen-bond acceptors (Lipinski definition) is 4. The molecule has 39 heavy (non-hydrogen) atoms. The molecule has 214 valence electrons. The SMILES string of the molecule is C/C=C/C(=O)N(CC)C(CC)C(=O)N(C)C.CCC(=O)C(CC(C)N(C)C)(c1ccccc1)c1ccccc1. The van der Waals surface area contributed by atoms with Crippen molar-refractivity contribution in [3.05, 3.63) is 83.9 Å². The second-order valence-electron chi connectivity index (χ2n) is 10.2. The van der Waals surface area contributed by atoms with E-state index in [1.807, 2.05) is 57.2 Å². The first kappa shape index (κ1) is 33.8. The number of rotatable bonds is 12. The number of carbonyl (C=O) groups excluding carboxylic acids is 3. The number of ketones is 1. The number of allylic oxidation sites excluding steroid dienone is 1. The van der Waals surface area contributed by atoms with Crippen molar-refractivity contribution < 1.29 is 14.4 Å². The van der Waals surface area contributed by atoms with Crippen LogP contribution in [0, 0.1) is 0 Å². The van der Waals surface area contributed by atoms with E-state index in [0.717, 1.165) is 17.5 Å². The average Bonchev–Trinajstić information content (AvgIpc) is 2.94. The fourth-order valence-corrected chi connectivity index (χ4v) is 4.81. The highest BCUT2D eigenvalue weighted by atomic mass is 16.2. The Labute approximate surface area is 236 Å². The van der Waals surface area contributed by atoms with Crippen molar-refractivity contribution >= 4 is 17.6 Å². The number of Topliss-reactive ketones (excluding diaryl/α,β-unsaturated/α-hetero) is 1. The van der Waals surface area contributed by atoms with Crippen LogP contribution in [0.15, 0.2) is 72.8 Å². The average molecular weight is 536 g/mol. The van der Waals surface area contributed by atoms with Gasteiger partial charge in [-0.15, -0.1) is 0 Å². The highest BCUT2D eigenvalue weighted by Crippen LogP contribution is 2.39. The van der Waals surface area contributed by atoms with Gasteiger partial charge in [0.2, 0.25) is 11.8 Å². The molecule has 2 rings (SSSR count). The van der Waals surface area contributed by atoms with E-state index in [9.17, 15) is 14.4 Å². The first-order valence-corrected chi connectivity index (χ1v) is 14.0. The monoisotopic (exact) mass is 535 g/mol. The molecule has 0 radical (unpaired) electrons. The molecule has 2 aromatic carbocycles. The number of nitrogens with zero attached hydrogens (tertiary/aromatic N) is 3. The Bertz CT molecular complexity index is 1010. The lowest BCUT2D eigenvalue weighted by Gasteiger charge is -2.37. The fourth-order valence-electron chi connectivity index (χ4n) is 4.81. The number of amides is 2. The number of benzene rings is 2. The van der Waals surface area contributed by atoms with Gasteiger partial charge >= 0.3 is 0 Å². The molecule has 0 aliphatic carbocycles. The molecule has 2 aromatic rings. The van der Waals surface area contributed by atoms with Crippen LogP contribution in [0.1, 0.15) is 65.0 Å². The molecule has 6 nitrogen and oxygen atoms in total. The maximum absolute atomic E-state index is 13.2. The largest absolute Gasteiger partial charge is 0.347 e. The number of carbonyl (C=O) groups is 3. The second kappa shape index (κ2) is 16.7. The van der Waals surface area contributed by atoms with Crippen molar-refractivity contribution in [3.63, 3.8) is 0 Å². The summed E-state index contributed by atoms with van der Waals surface area (Å²) in [7, 11) is 7.56. The predicted octanol–water partition coefficient (Wildman–Crippen LogP) is 5.57. The molecule has 0 saturated heterocycles. The van der Waals surface area contributed by atoms with Crippen LogP contribution in [0.25, 0.3) is 0 Å². The Balaban J connectivity index is 0.000000420. The molecule has 0 aliphatic heterocycles. The van der Waals surface area contributed by atoms with Gasteiger partial charge in [-0.1, -0.05) is 80.6 Å². The highest BCUT2D eigenvalue weighted by molar-refractivity contribution is 5.94. The van der Waals surface area contributed by atoms with Gasteiger partial charge in [-0.2, -0.15) is 0 Å². The molecule has 2 atom stereocenters. The minimum atomic E-state index is -0.582. The zero-order valence-corrected chi connectivity index (χ0v) is 25.5. The maximum atomic E-state index is 13.2. The van der Waals surface area contributed by atoms with Crippen molar-refractivity contribution in [3.8, 4) is 0 Å². The van der Waals surface area contributed by atoms with E-state index in [2.05, 4.69) is 50.2 Å². The van der Waals surface area contributed by atoms with Gasteiger partial charge in [-0.25, -0.2) is 0 Å². The van der Waals surface area contributed by atoms with Crippen LogP contribution in [-0.4, -0.2) is 79.1 Å². The Morgan fingerprint density at radius 3 is 1.67 bits per heavy atom. The minimum Gasteiger partial charge on any atom is -0.347 e. The minimum absolute atomic E-state index is 0.0257. The van der Waals surface area contributed by atoms with Gasteiger partial charge in [0.15, 0.2) is 0 Å². The Kier molecular flexibility index (Phi) is 14.4. The van der Waals surface area contributed by atoms with Crippen LogP contribution in [0.2, 0.25) is 0 Å². The molecular weight excluding hydrogens is 486 g/mol. The Morgan fingerprint density at radius 2 is 1.33 bits per heavy atom. The molecule has 2 unspecified atom stereocenters. The molecular formula is C33H49N3O3. The van der Waals surface area contributed by atoms with Crippen LogP contribution in [0.3, 0.4) is 0 Å². The molecule has 0 fully saturated rings. The number of likely N-dealkylation sites (N-methyl/N-ethyl adjacent to an activating group) is 2. The van der Waals surface area contributed by atoms with E-state index < -0.39 is 5.41 Å². The Hall–Kier alpha value is -3.25. The third kappa shape index (κ3) is 8.89. The van der Waals surface area contributed by atoms with E-state index in [0.29, 0.717) is 25.4 Å². The van der Waals surface area contributed by atoms with Crippen molar-refractivity contribution in [1.82, 2.24) is 14.7 Å². The molecule has 0 N–H and O–H groups in total. The zero-order chi connectivity index (χ0) is 29.6. The summed E-state index contributed by atoms with van der Waals surface area (Å²) in [6, 6.07) is 20.4. The maximum Gasteiger partial charge on any atom is 0.246 e. The molecule has 0 bridgehead atoms. The second-order valence-corrected chi connectivity index (χ2v) is 10.2. The third-order valence-corrected chi connectivity index (χ3v) is 7.24. The number of hydrogen-bond donors (Lipinski definition) is 0. The fraction of sp³-hybridized carbons (Fsp3) is 0.485. The summed E-state index contributed by atoms with van der Waals surface area (Å²) in [5, 5.41) is 0. The standard InChI is InChI=1S/C21H27NO.C12H22N2O2/c1-5-20(23)21(16-17(2)22(3)4,18-12-8-6-9-13-18)19-14-10-7-11-15-19;1-6-9-11(15)14(8-3)10(7-2)12(16)13(4)5/h6-15,17H,5,16H2,1-4H3;6,9-10H,7-8H2,1-5H3/b;9-6+. The van der Waals surface area contributed by atoms with Crippen LogP contribution in [0.5, 0.6) is 0 Å². The van der Waals surface area contributed by atoms with Crippen molar-refractivity contribution in [2.24, 2.45) is 0 Å². The van der Waals surface area contributed by atoms with Crippen molar-refractivity contribution in [1.29, 1.82) is 0 Å². The lowest BCUT2D eigenvalue weighted by molar-refractivity contribution is -0.141. The first-order valence-electron chi connectivity index (χ1n) is 14.0. The van der Waals surface area contributed by atoms with Crippen molar-refractivity contribution in [2.45, 2.75) is 71.4 Å². The summed E-state index contributed by atoms with van der Waals surface area (Å²) in [6.07, 6.45) is 5.13. The van der Waals surface area contributed by atoms with Gasteiger partial charge in [-0.3, -0.25) is 14.4 Å². The molecule has 0 aliphatic rings. The zero-order valence-electron chi connectivity index (χ0n) is 25.5. The summed E-state index contributed by atoms with van der Waals surface area (Å²) in [5.41, 5.74) is 1.60. The van der Waals surface area contributed by atoms with Gasteiger partial charge in [0.1, 0.15) is 11.8 Å². The van der Waals surface area contributed by atoms with Gasteiger partial charge in [0, 0.05) is 33.1 Å². The Morgan fingerprint density at radius 1 is 0.846 bits per heavy atom. The van der Waals surface area contributed by atoms with E-state index in [1.165, 1.54) is 11.0 Å². The normalized spacial score (nSPS) is 12.9. The first-order chi connectivity index (χ1) is 18.5. The van der Waals surface area contributed by atoms with Crippen LogP contribution >= 0.6 is 0 Å². The van der Waals surface area contributed by atoms with E-state index in [-0.39, 0.29) is 23.6 Å². The van der Waals surface area contributed by atoms with E-state index in [4.69, 9.17) is 0 Å². The van der Waals surface area contributed by atoms with Gasteiger partial charge < -0.3 is 14.7 Å². The van der Waals surface area contributed by atoms with E-state index >= 15 is 0 Å². The van der Waals surface area contributed by atoms with Crippen LogP contribution < -0.4 is 0 Å². The third-order valence-electron chi connectivity index (χ3n) is 7.24. The molecule has 2 amide bonds. The summed E-state index contributed by atoms with van der Waals surface area (Å²) in [5.74, 6) is 0.151. The molecule has 6 heteroatoms.